The molecule has 1 heterocycles. The van der Waals surface area contributed by atoms with Crippen molar-refractivity contribution in [3.05, 3.63) is 29.3 Å². The summed E-state index contributed by atoms with van der Waals surface area (Å²) < 4.78 is 11.1. The van der Waals surface area contributed by atoms with E-state index in [1.807, 2.05) is 24.3 Å². The van der Waals surface area contributed by atoms with Crippen molar-refractivity contribution < 1.29 is 9.47 Å². The molecule has 1 aromatic carbocycles. The van der Waals surface area contributed by atoms with Gasteiger partial charge in [0.05, 0.1) is 11.1 Å². The zero-order chi connectivity index (χ0) is 12.1. The number of halogens is 1. The van der Waals surface area contributed by atoms with Gasteiger partial charge in [0, 0.05) is 19.2 Å². The Morgan fingerprint density at radius 1 is 1.47 bits per heavy atom. The minimum Gasteiger partial charge on any atom is -0.491 e. The van der Waals surface area contributed by atoms with Crippen LogP contribution in [-0.4, -0.2) is 31.9 Å². The van der Waals surface area contributed by atoms with Crippen molar-refractivity contribution in [3.8, 4) is 5.75 Å². The van der Waals surface area contributed by atoms with Crippen LogP contribution in [-0.2, 0) is 4.74 Å². The average molecular weight is 256 g/mol. The van der Waals surface area contributed by atoms with Gasteiger partial charge in [0.1, 0.15) is 12.4 Å². The van der Waals surface area contributed by atoms with Crippen LogP contribution >= 0.6 is 11.6 Å². The highest BCUT2D eigenvalue weighted by Gasteiger charge is 2.22. The molecule has 0 spiro atoms. The molecule has 2 unspecified atom stereocenters. The first-order valence-corrected chi connectivity index (χ1v) is 6.37. The van der Waals surface area contributed by atoms with E-state index >= 15 is 0 Å². The molecule has 0 amide bonds. The molecule has 4 heteroatoms. The number of rotatable bonds is 5. The predicted octanol–water partition coefficient (Wildman–Crippen LogP) is 2.49. The highest BCUT2D eigenvalue weighted by atomic mass is 35.5. The molecule has 2 atom stereocenters. The van der Waals surface area contributed by atoms with Crippen LogP contribution in [0.15, 0.2) is 24.3 Å². The maximum atomic E-state index is 5.99. The molecule has 1 aliphatic heterocycles. The van der Waals surface area contributed by atoms with Gasteiger partial charge in [0.25, 0.3) is 0 Å². The Labute approximate surface area is 107 Å². The van der Waals surface area contributed by atoms with Crippen molar-refractivity contribution in [3.63, 3.8) is 0 Å². The Hall–Kier alpha value is -0.770. The smallest absolute Gasteiger partial charge is 0.137 e. The molecular weight excluding hydrogens is 238 g/mol. The molecule has 2 rings (SSSR count). The Balaban J connectivity index is 1.68. The van der Waals surface area contributed by atoms with Crippen molar-refractivity contribution in [2.75, 3.05) is 19.8 Å². The van der Waals surface area contributed by atoms with E-state index in [4.69, 9.17) is 21.1 Å². The van der Waals surface area contributed by atoms with Gasteiger partial charge in [-0.2, -0.15) is 0 Å². The molecule has 94 valence electrons. The predicted molar refractivity (Wildman–Crippen MR) is 68.8 cm³/mol. The molecule has 0 radical (unpaired) electrons. The summed E-state index contributed by atoms with van der Waals surface area (Å²) in [7, 11) is 0. The maximum Gasteiger partial charge on any atom is 0.137 e. The SMILES string of the molecule is CC1OCCC1NCCOc1ccccc1Cl. The van der Waals surface area contributed by atoms with Crippen molar-refractivity contribution in [2.24, 2.45) is 0 Å². The fourth-order valence-corrected chi connectivity index (χ4v) is 2.16. The number of para-hydroxylation sites is 1. The molecule has 1 aliphatic rings. The maximum absolute atomic E-state index is 5.99. The summed E-state index contributed by atoms with van der Waals surface area (Å²) in [6.45, 7) is 4.38. The van der Waals surface area contributed by atoms with Crippen LogP contribution in [0.2, 0.25) is 5.02 Å². The third-order valence-corrected chi connectivity index (χ3v) is 3.29. The summed E-state index contributed by atoms with van der Waals surface area (Å²) in [5.41, 5.74) is 0. The summed E-state index contributed by atoms with van der Waals surface area (Å²) in [5, 5.41) is 4.09. The van der Waals surface area contributed by atoms with Crippen LogP contribution in [0.4, 0.5) is 0 Å². The van der Waals surface area contributed by atoms with Gasteiger partial charge in [0.2, 0.25) is 0 Å². The summed E-state index contributed by atoms with van der Waals surface area (Å²) in [5.74, 6) is 0.742. The van der Waals surface area contributed by atoms with Crippen LogP contribution in [0, 0.1) is 0 Å². The molecule has 0 aliphatic carbocycles. The Morgan fingerprint density at radius 3 is 3.00 bits per heavy atom. The van der Waals surface area contributed by atoms with E-state index in [1.54, 1.807) is 0 Å². The van der Waals surface area contributed by atoms with E-state index in [0.717, 1.165) is 25.3 Å². The molecular formula is C13H18ClNO2. The van der Waals surface area contributed by atoms with Crippen LogP contribution in [0.3, 0.4) is 0 Å². The van der Waals surface area contributed by atoms with E-state index in [0.29, 0.717) is 23.8 Å². The number of benzene rings is 1. The van der Waals surface area contributed by atoms with Crippen LogP contribution in [0.5, 0.6) is 5.75 Å². The van der Waals surface area contributed by atoms with E-state index in [9.17, 15) is 0 Å². The fourth-order valence-electron chi connectivity index (χ4n) is 1.97. The Morgan fingerprint density at radius 2 is 2.29 bits per heavy atom. The zero-order valence-corrected chi connectivity index (χ0v) is 10.7. The second-order valence-electron chi connectivity index (χ2n) is 4.20. The molecule has 1 saturated heterocycles. The third kappa shape index (κ3) is 3.60. The minimum absolute atomic E-state index is 0.301. The Kier molecular flexibility index (Phi) is 4.66. The van der Waals surface area contributed by atoms with Gasteiger partial charge in [0.15, 0.2) is 0 Å². The largest absolute Gasteiger partial charge is 0.491 e. The number of hydrogen-bond acceptors (Lipinski definition) is 3. The monoisotopic (exact) mass is 255 g/mol. The quantitative estimate of drug-likeness (QED) is 0.820. The molecule has 17 heavy (non-hydrogen) atoms. The van der Waals surface area contributed by atoms with Crippen molar-refractivity contribution in [1.82, 2.24) is 5.32 Å². The van der Waals surface area contributed by atoms with Gasteiger partial charge in [-0.25, -0.2) is 0 Å². The summed E-state index contributed by atoms with van der Waals surface area (Å²) in [4.78, 5) is 0. The minimum atomic E-state index is 0.301. The number of nitrogens with one attached hydrogen (secondary N) is 1. The first-order chi connectivity index (χ1) is 8.27. The topological polar surface area (TPSA) is 30.5 Å². The average Bonchev–Trinajstić information content (AvgIpc) is 2.73. The van der Waals surface area contributed by atoms with Gasteiger partial charge in [-0.1, -0.05) is 23.7 Å². The summed E-state index contributed by atoms with van der Waals surface area (Å²) in [6, 6.07) is 7.97. The number of ether oxygens (including phenoxy) is 2. The van der Waals surface area contributed by atoms with Gasteiger partial charge < -0.3 is 14.8 Å². The Bertz CT molecular complexity index is 359. The van der Waals surface area contributed by atoms with Crippen molar-refractivity contribution in [1.29, 1.82) is 0 Å². The number of hydrogen-bond donors (Lipinski definition) is 1. The second kappa shape index (κ2) is 6.24. The first-order valence-electron chi connectivity index (χ1n) is 5.99. The molecule has 1 fully saturated rings. The molecule has 0 saturated carbocycles. The van der Waals surface area contributed by atoms with Crippen LogP contribution in [0.1, 0.15) is 13.3 Å². The standard InChI is InChI=1S/C13H18ClNO2/c1-10-12(6-8-16-10)15-7-9-17-13-5-3-2-4-11(13)14/h2-5,10,12,15H,6-9H2,1H3. The first kappa shape index (κ1) is 12.7. The van der Waals surface area contributed by atoms with Crippen molar-refractivity contribution in [2.45, 2.75) is 25.5 Å². The highest BCUT2D eigenvalue weighted by molar-refractivity contribution is 6.32. The molecule has 0 aromatic heterocycles. The van der Waals surface area contributed by atoms with E-state index < -0.39 is 0 Å². The lowest BCUT2D eigenvalue weighted by molar-refractivity contribution is 0.112. The van der Waals surface area contributed by atoms with E-state index in [1.165, 1.54) is 0 Å². The molecule has 1 N–H and O–H groups in total. The van der Waals surface area contributed by atoms with Gasteiger partial charge in [-0.3, -0.25) is 0 Å². The zero-order valence-electron chi connectivity index (χ0n) is 9.99. The second-order valence-corrected chi connectivity index (χ2v) is 4.61. The molecule has 3 nitrogen and oxygen atoms in total. The summed E-state index contributed by atoms with van der Waals surface area (Å²) >= 11 is 5.99. The van der Waals surface area contributed by atoms with Gasteiger partial charge >= 0.3 is 0 Å². The lowest BCUT2D eigenvalue weighted by Crippen LogP contribution is -2.37. The fraction of sp³-hybridized carbons (Fsp3) is 0.538. The van der Waals surface area contributed by atoms with E-state index in [2.05, 4.69) is 12.2 Å². The highest BCUT2D eigenvalue weighted by Crippen LogP contribution is 2.22. The third-order valence-electron chi connectivity index (χ3n) is 2.98. The van der Waals surface area contributed by atoms with Crippen LogP contribution in [0.25, 0.3) is 0 Å². The molecule has 1 aromatic rings. The normalized spacial score (nSPS) is 23.9. The van der Waals surface area contributed by atoms with Crippen LogP contribution < -0.4 is 10.1 Å². The lowest BCUT2D eigenvalue weighted by atomic mass is 10.1. The lowest BCUT2D eigenvalue weighted by Gasteiger charge is -2.16. The summed E-state index contributed by atoms with van der Waals surface area (Å²) in [6.07, 6.45) is 1.38. The van der Waals surface area contributed by atoms with Gasteiger partial charge in [-0.05, 0) is 25.5 Å². The molecule has 0 bridgehead atoms. The van der Waals surface area contributed by atoms with Gasteiger partial charge in [-0.15, -0.1) is 0 Å². The van der Waals surface area contributed by atoms with Crippen molar-refractivity contribution >= 4 is 11.6 Å². The van der Waals surface area contributed by atoms with E-state index in [-0.39, 0.29) is 0 Å².